The smallest absolute Gasteiger partial charge is 0.0574 e. The molecule has 0 aromatic carbocycles. The molecule has 124 valence electrons. The maximum atomic E-state index is 9.97. The summed E-state index contributed by atoms with van der Waals surface area (Å²) >= 11 is 0. The Kier molecular flexibility index (Phi) is 15.4. The number of allylic oxidation sites excluding steroid dienone is 2. The van der Waals surface area contributed by atoms with Gasteiger partial charge in [0.2, 0.25) is 0 Å². The molecular weight excluding hydrogens is 256 g/mol. The van der Waals surface area contributed by atoms with E-state index in [4.69, 9.17) is 0 Å². The molecule has 0 aromatic rings. The molecule has 0 saturated heterocycles. The van der Waals surface area contributed by atoms with Gasteiger partial charge in [-0.2, -0.15) is 0 Å². The Hall–Kier alpha value is -0.560. The molecule has 0 radical (unpaired) electrons. The molecule has 1 nitrogen and oxygen atoms in total. The molecular formula is C20H38O. The summed E-state index contributed by atoms with van der Waals surface area (Å²) in [6, 6.07) is 0. The third kappa shape index (κ3) is 14.2. The summed E-state index contributed by atoms with van der Waals surface area (Å²) in [5, 5.41) is 9.97. The maximum absolute atomic E-state index is 9.97. The first-order chi connectivity index (χ1) is 10.2. The average molecular weight is 295 g/mol. The van der Waals surface area contributed by atoms with Gasteiger partial charge in [0, 0.05) is 0 Å². The lowest BCUT2D eigenvalue weighted by molar-refractivity contribution is 0.163. The molecule has 0 aliphatic rings. The lowest BCUT2D eigenvalue weighted by atomic mass is 9.96. The molecule has 0 aromatic heterocycles. The van der Waals surface area contributed by atoms with Crippen molar-refractivity contribution in [2.45, 2.75) is 97.0 Å². The lowest BCUT2D eigenvalue weighted by Crippen LogP contribution is -2.05. The first-order valence-electron chi connectivity index (χ1n) is 9.20. The minimum Gasteiger partial charge on any atom is -0.393 e. The highest BCUT2D eigenvalue weighted by atomic mass is 16.3. The summed E-state index contributed by atoms with van der Waals surface area (Å²) in [7, 11) is 0. The van der Waals surface area contributed by atoms with Crippen LogP contribution in [0.3, 0.4) is 0 Å². The van der Waals surface area contributed by atoms with Crippen molar-refractivity contribution in [2.24, 2.45) is 5.92 Å². The van der Waals surface area contributed by atoms with Crippen LogP contribution in [0.2, 0.25) is 0 Å². The average Bonchev–Trinajstić information content (AvgIpc) is 2.48. The van der Waals surface area contributed by atoms with E-state index < -0.39 is 0 Å². The van der Waals surface area contributed by atoms with Gasteiger partial charge >= 0.3 is 0 Å². The number of aliphatic hydroxyl groups excluding tert-OH is 1. The van der Waals surface area contributed by atoms with Gasteiger partial charge in [-0.05, 0) is 31.6 Å². The molecule has 0 saturated carbocycles. The topological polar surface area (TPSA) is 20.2 Å². The van der Waals surface area contributed by atoms with E-state index in [0.29, 0.717) is 5.92 Å². The predicted octanol–water partition coefficient (Wildman–Crippen LogP) is 6.43. The molecule has 0 bridgehead atoms. The third-order valence-electron chi connectivity index (χ3n) is 4.11. The van der Waals surface area contributed by atoms with Crippen LogP contribution in [0.15, 0.2) is 24.8 Å². The summed E-state index contributed by atoms with van der Waals surface area (Å²) in [6.07, 6.45) is 20.7. The van der Waals surface area contributed by atoms with E-state index in [0.717, 1.165) is 25.7 Å². The van der Waals surface area contributed by atoms with E-state index in [-0.39, 0.29) is 6.10 Å². The van der Waals surface area contributed by atoms with Crippen LogP contribution in [0, 0.1) is 5.92 Å². The minimum atomic E-state index is -0.150. The predicted molar refractivity (Wildman–Crippen MR) is 95.6 cm³/mol. The molecule has 1 heteroatoms. The van der Waals surface area contributed by atoms with Crippen molar-refractivity contribution in [2.75, 3.05) is 0 Å². The van der Waals surface area contributed by atoms with Gasteiger partial charge in [0.25, 0.3) is 0 Å². The summed E-state index contributed by atoms with van der Waals surface area (Å²) in [6.45, 7) is 8.34. The first-order valence-corrected chi connectivity index (χ1v) is 9.20. The van der Waals surface area contributed by atoms with Gasteiger partial charge in [0.15, 0.2) is 0 Å². The van der Waals surface area contributed by atoms with E-state index in [1.54, 1.807) is 0 Å². The zero-order chi connectivity index (χ0) is 15.8. The molecule has 0 heterocycles. The van der Waals surface area contributed by atoms with Crippen LogP contribution >= 0.6 is 0 Å². The van der Waals surface area contributed by atoms with Gasteiger partial charge in [-0.3, -0.25) is 0 Å². The fraction of sp³-hybridized carbons (Fsp3) is 0.800. The second-order valence-electron chi connectivity index (χ2n) is 6.30. The van der Waals surface area contributed by atoms with Gasteiger partial charge < -0.3 is 5.11 Å². The summed E-state index contributed by atoms with van der Waals surface area (Å²) in [4.78, 5) is 0. The Morgan fingerprint density at radius 3 is 2.05 bits per heavy atom. The van der Waals surface area contributed by atoms with Crippen LogP contribution in [0.25, 0.3) is 0 Å². The molecule has 2 unspecified atom stereocenters. The highest BCUT2D eigenvalue weighted by molar-refractivity contribution is 4.92. The molecule has 0 aliphatic heterocycles. The molecule has 2 atom stereocenters. The first kappa shape index (κ1) is 20.4. The Bertz CT molecular complexity index is 244. The van der Waals surface area contributed by atoms with Crippen molar-refractivity contribution in [1.82, 2.24) is 0 Å². The van der Waals surface area contributed by atoms with Crippen LogP contribution in [0.4, 0.5) is 0 Å². The van der Waals surface area contributed by atoms with Crippen LogP contribution < -0.4 is 0 Å². The number of rotatable bonds is 15. The Morgan fingerprint density at radius 2 is 1.48 bits per heavy atom. The largest absolute Gasteiger partial charge is 0.393 e. The zero-order valence-electron chi connectivity index (χ0n) is 14.5. The van der Waals surface area contributed by atoms with Crippen molar-refractivity contribution in [3.8, 4) is 0 Å². The highest BCUT2D eigenvalue weighted by Crippen LogP contribution is 2.17. The zero-order valence-corrected chi connectivity index (χ0v) is 14.5. The quantitative estimate of drug-likeness (QED) is 0.273. The summed E-state index contributed by atoms with van der Waals surface area (Å²) in [5.74, 6) is 0.617. The molecule has 0 spiro atoms. The van der Waals surface area contributed by atoms with E-state index in [1.807, 2.05) is 6.08 Å². The van der Waals surface area contributed by atoms with E-state index in [2.05, 4.69) is 32.6 Å². The number of hydrogen-bond acceptors (Lipinski definition) is 1. The standard InChI is InChI=1S/C20H38O/c1-4-7-9-11-15-19(14-6-3)16-13-18-20(21)17-12-10-8-5-2/h6,13,16,19-21H,3-5,7-12,14-15,17-18H2,1-2H3. The van der Waals surface area contributed by atoms with Crippen LogP contribution in [0.1, 0.15) is 90.9 Å². The molecule has 0 aliphatic carbocycles. The molecule has 0 rings (SSSR count). The SMILES string of the molecule is C=CCC(C=CCC(O)CCCCCC)CCCCCC. The van der Waals surface area contributed by atoms with Gasteiger partial charge in [-0.1, -0.05) is 83.4 Å². The van der Waals surface area contributed by atoms with Crippen LogP contribution in [-0.2, 0) is 0 Å². The van der Waals surface area contributed by atoms with Gasteiger partial charge in [0.05, 0.1) is 6.10 Å². The normalized spacial score (nSPS) is 14.4. The number of unbranched alkanes of at least 4 members (excludes halogenated alkanes) is 6. The van der Waals surface area contributed by atoms with Crippen molar-refractivity contribution < 1.29 is 5.11 Å². The highest BCUT2D eigenvalue weighted by Gasteiger charge is 2.04. The van der Waals surface area contributed by atoms with Gasteiger partial charge in [-0.15, -0.1) is 6.58 Å². The molecule has 0 amide bonds. The number of hydrogen-bond donors (Lipinski definition) is 1. The third-order valence-corrected chi connectivity index (χ3v) is 4.11. The fourth-order valence-corrected chi connectivity index (χ4v) is 2.69. The molecule has 1 N–H and O–H groups in total. The van der Waals surface area contributed by atoms with Crippen LogP contribution in [0.5, 0.6) is 0 Å². The van der Waals surface area contributed by atoms with E-state index >= 15 is 0 Å². The number of aliphatic hydroxyl groups is 1. The summed E-state index contributed by atoms with van der Waals surface area (Å²) in [5.41, 5.74) is 0. The van der Waals surface area contributed by atoms with Crippen molar-refractivity contribution in [3.05, 3.63) is 24.8 Å². The van der Waals surface area contributed by atoms with E-state index in [1.165, 1.54) is 51.4 Å². The van der Waals surface area contributed by atoms with E-state index in [9.17, 15) is 5.11 Å². The fourth-order valence-electron chi connectivity index (χ4n) is 2.69. The molecule has 0 fully saturated rings. The monoisotopic (exact) mass is 294 g/mol. The Balaban J connectivity index is 3.82. The van der Waals surface area contributed by atoms with Crippen LogP contribution in [-0.4, -0.2) is 11.2 Å². The Morgan fingerprint density at radius 1 is 0.857 bits per heavy atom. The second-order valence-corrected chi connectivity index (χ2v) is 6.30. The van der Waals surface area contributed by atoms with Gasteiger partial charge in [-0.25, -0.2) is 0 Å². The van der Waals surface area contributed by atoms with Crippen molar-refractivity contribution >= 4 is 0 Å². The van der Waals surface area contributed by atoms with Crippen molar-refractivity contribution in [1.29, 1.82) is 0 Å². The molecule has 21 heavy (non-hydrogen) atoms. The Labute approximate surface area is 133 Å². The minimum absolute atomic E-state index is 0.150. The van der Waals surface area contributed by atoms with Crippen molar-refractivity contribution in [3.63, 3.8) is 0 Å². The lowest BCUT2D eigenvalue weighted by Gasteiger charge is -2.11. The maximum Gasteiger partial charge on any atom is 0.0574 e. The van der Waals surface area contributed by atoms with Gasteiger partial charge in [0.1, 0.15) is 0 Å². The second kappa shape index (κ2) is 15.8. The summed E-state index contributed by atoms with van der Waals surface area (Å²) < 4.78 is 0.